The van der Waals surface area contributed by atoms with E-state index in [1.165, 1.54) is 18.3 Å². The Bertz CT molecular complexity index is 599. The number of hydrogen-bond acceptors (Lipinski definition) is 5. The van der Waals surface area contributed by atoms with Gasteiger partial charge in [-0.2, -0.15) is 0 Å². The minimum Gasteiger partial charge on any atom is -0.450 e. The largest absolute Gasteiger partial charge is 0.450 e. The number of hydrogen-bond donors (Lipinski definition) is 1. The highest BCUT2D eigenvalue weighted by Gasteiger charge is 2.15. The minimum atomic E-state index is -0.487. The van der Waals surface area contributed by atoms with Crippen LogP contribution in [-0.2, 0) is 0 Å². The van der Waals surface area contributed by atoms with Gasteiger partial charge in [0, 0.05) is 18.3 Å². The fourth-order valence-corrected chi connectivity index (χ4v) is 1.47. The number of nitrogen functional groups attached to an aromatic ring is 1. The molecule has 1 aromatic carbocycles. The van der Waals surface area contributed by atoms with E-state index in [-0.39, 0.29) is 11.4 Å². The highest BCUT2D eigenvalue weighted by Crippen LogP contribution is 2.32. The SMILES string of the molecule is Cc1ccc([N+](=O)[O-])c(Oc2ccnc(N)c2)c1. The molecule has 0 fully saturated rings. The van der Waals surface area contributed by atoms with Crippen LogP contribution in [0.3, 0.4) is 0 Å². The van der Waals surface area contributed by atoms with E-state index in [0.717, 1.165) is 5.56 Å². The lowest BCUT2D eigenvalue weighted by atomic mass is 10.2. The van der Waals surface area contributed by atoms with Crippen LogP contribution in [0.25, 0.3) is 0 Å². The van der Waals surface area contributed by atoms with Crippen LogP contribution in [0.4, 0.5) is 11.5 Å². The first kappa shape index (κ1) is 11.8. The number of nitrogens with zero attached hydrogens (tertiary/aromatic N) is 2. The smallest absolute Gasteiger partial charge is 0.311 e. The average Bonchev–Trinajstić information content (AvgIpc) is 2.28. The highest BCUT2D eigenvalue weighted by atomic mass is 16.6. The zero-order chi connectivity index (χ0) is 13.1. The van der Waals surface area contributed by atoms with Crippen LogP contribution < -0.4 is 10.5 Å². The lowest BCUT2D eigenvalue weighted by Crippen LogP contribution is -1.95. The quantitative estimate of drug-likeness (QED) is 0.663. The van der Waals surface area contributed by atoms with Gasteiger partial charge in [0.2, 0.25) is 5.75 Å². The maximum absolute atomic E-state index is 10.9. The summed E-state index contributed by atoms with van der Waals surface area (Å²) in [6.07, 6.45) is 1.48. The van der Waals surface area contributed by atoms with E-state index in [1.807, 2.05) is 6.92 Å². The molecule has 2 aromatic rings. The van der Waals surface area contributed by atoms with Crippen molar-refractivity contribution in [2.24, 2.45) is 0 Å². The molecule has 2 N–H and O–H groups in total. The Morgan fingerprint density at radius 1 is 1.33 bits per heavy atom. The molecule has 1 heterocycles. The molecule has 6 heteroatoms. The zero-order valence-corrected chi connectivity index (χ0v) is 9.66. The molecule has 0 saturated carbocycles. The molecule has 0 bridgehead atoms. The molecule has 0 aliphatic rings. The van der Waals surface area contributed by atoms with Crippen molar-refractivity contribution in [3.8, 4) is 11.5 Å². The zero-order valence-electron chi connectivity index (χ0n) is 9.66. The van der Waals surface area contributed by atoms with Gasteiger partial charge >= 0.3 is 5.69 Å². The van der Waals surface area contributed by atoms with Crippen LogP contribution in [-0.4, -0.2) is 9.91 Å². The van der Waals surface area contributed by atoms with Gasteiger partial charge in [-0.1, -0.05) is 6.07 Å². The summed E-state index contributed by atoms with van der Waals surface area (Å²) in [5.41, 5.74) is 6.30. The summed E-state index contributed by atoms with van der Waals surface area (Å²) in [4.78, 5) is 14.2. The van der Waals surface area contributed by atoms with Gasteiger partial charge in [0.05, 0.1) is 4.92 Å². The van der Waals surface area contributed by atoms with Crippen LogP contribution in [0.5, 0.6) is 11.5 Å². The fourth-order valence-electron chi connectivity index (χ4n) is 1.47. The summed E-state index contributed by atoms with van der Waals surface area (Å²) in [6.45, 7) is 1.83. The minimum absolute atomic E-state index is 0.0871. The molecule has 2 rings (SSSR count). The summed E-state index contributed by atoms with van der Waals surface area (Å²) in [7, 11) is 0. The van der Waals surface area contributed by atoms with Gasteiger partial charge in [-0.05, 0) is 24.6 Å². The van der Waals surface area contributed by atoms with Crippen LogP contribution in [0.15, 0.2) is 36.5 Å². The molecule has 0 amide bonds. The molecule has 0 radical (unpaired) electrons. The third-order valence-corrected chi connectivity index (χ3v) is 2.29. The van der Waals surface area contributed by atoms with Crippen molar-refractivity contribution in [2.75, 3.05) is 5.73 Å². The Balaban J connectivity index is 2.39. The van der Waals surface area contributed by atoms with Gasteiger partial charge < -0.3 is 10.5 Å². The maximum atomic E-state index is 10.9. The second-order valence-electron chi connectivity index (χ2n) is 3.75. The Morgan fingerprint density at radius 3 is 2.78 bits per heavy atom. The van der Waals surface area contributed by atoms with Crippen molar-refractivity contribution in [3.05, 3.63) is 52.2 Å². The van der Waals surface area contributed by atoms with E-state index >= 15 is 0 Å². The van der Waals surface area contributed by atoms with Gasteiger partial charge in [0.25, 0.3) is 0 Å². The summed E-state index contributed by atoms with van der Waals surface area (Å²) in [6, 6.07) is 7.77. The molecule has 0 aliphatic carbocycles. The lowest BCUT2D eigenvalue weighted by Gasteiger charge is -2.07. The number of nitro groups is 1. The van der Waals surface area contributed by atoms with Gasteiger partial charge in [-0.25, -0.2) is 4.98 Å². The molecular formula is C12H11N3O3. The van der Waals surface area contributed by atoms with Crippen molar-refractivity contribution in [1.29, 1.82) is 0 Å². The Morgan fingerprint density at radius 2 is 2.11 bits per heavy atom. The summed E-state index contributed by atoms with van der Waals surface area (Å²) < 4.78 is 5.47. The molecular weight excluding hydrogens is 234 g/mol. The Labute approximate surface area is 103 Å². The van der Waals surface area contributed by atoms with Crippen molar-refractivity contribution < 1.29 is 9.66 Å². The van der Waals surface area contributed by atoms with E-state index in [2.05, 4.69) is 4.98 Å². The van der Waals surface area contributed by atoms with E-state index in [1.54, 1.807) is 18.2 Å². The van der Waals surface area contributed by atoms with Crippen molar-refractivity contribution >= 4 is 11.5 Å². The number of rotatable bonds is 3. The molecule has 0 aliphatic heterocycles. The van der Waals surface area contributed by atoms with Crippen LogP contribution in [0.1, 0.15) is 5.56 Å². The summed E-state index contributed by atoms with van der Waals surface area (Å²) >= 11 is 0. The number of benzene rings is 1. The number of ether oxygens (including phenoxy) is 1. The molecule has 0 unspecified atom stereocenters. The molecule has 0 atom stereocenters. The van der Waals surface area contributed by atoms with E-state index in [0.29, 0.717) is 11.6 Å². The van der Waals surface area contributed by atoms with Crippen LogP contribution in [0.2, 0.25) is 0 Å². The van der Waals surface area contributed by atoms with Gasteiger partial charge in [-0.3, -0.25) is 10.1 Å². The van der Waals surface area contributed by atoms with Crippen LogP contribution >= 0.6 is 0 Å². The number of aromatic nitrogens is 1. The van der Waals surface area contributed by atoms with Crippen LogP contribution in [0, 0.1) is 17.0 Å². The predicted molar refractivity (Wildman–Crippen MR) is 66.6 cm³/mol. The highest BCUT2D eigenvalue weighted by molar-refractivity contribution is 5.51. The first-order chi connectivity index (χ1) is 8.56. The molecule has 18 heavy (non-hydrogen) atoms. The fraction of sp³-hybridized carbons (Fsp3) is 0.0833. The number of pyridine rings is 1. The Kier molecular flexibility index (Phi) is 3.09. The normalized spacial score (nSPS) is 10.1. The number of aryl methyl sites for hydroxylation is 1. The predicted octanol–water partition coefficient (Wildman–Crippen LogP) is 2.67. The monoisotopic (exact) mass is 245 g/mol. The van der Waals surface area contributed by atoms with E-state index in [4.69, 9.17) is 10.5 Å². The molecule has 92 valence electrons. The first-order valence-electron chi connectivity index (χ1n) is 5.20. The second-order valence-corrected chi connectivity index (χ2v) is 3.75. The van der Waals surface area contributed by atoms with E-state index in [9.17, 15) is 10.1 Å². The molecule has 0 saturated heterocycles. The van der Waals surface area contributed by atoms with Crippen molar-refractivity contribution in [2.45, 2.75) is 6.92 Å². The summed E-state index contributed by atoms with van der Waals surface area (Å²) in [5.74, 6) is 0.893. The molecule has 6 nitrogen and oxygen atoms in total. The lowest BCUT2D eigenvalue weighted by molar-refractivity contribution is -0.385. The maximum Gasteiger partial charge on any atom is 0.311 e. The average molecular weight is 245 g/mol. The van der Waals surface area contributed by atoms with Gasteiger partial charge in [-0.15, -0.1) is 0 Å². The first-order valence-corrected chi connectivity index (χ1v) is 5.20. The number of anilines is 1. The number of nitrogens with two attached hydrogens (primary N) is 1. The molecule has 0 spiro atoms. The Hall–Kier alpha value is -2.63. The number of nitro benzene ring substituents is 1. The second kappa shape index (κ2) is 4.70. The van der Waals surface area contributed by atoms with Gasteiger partial charge in [0.1, 0.15) is 11.6 Å². The molecule has 1 aromatic heterocycles. The topological polar surface area (TPSA) is 91.3 Å². The van der Waals surface area contributed by atoms with Crippen molar-refractivity contribution in [1.82, 2.24) is 4.98 Å². The third-order valence-electron chi connectivity index (χ3n) is 2.29. The van der Waals surface area contributed by atoms with E-state index < -0.39 is 4.92 Å². The van der Waals surface area contributed by atoms with Gasteiger partial charge in [0.15, 0.2) is 0 Å². The third kappa shape index (κ3) is 2.54. The van der Waals surface area contributed by atoms with Crippen molar-refractivity contribution in [3.63, 3.8) is 0 Å². The standard InChI is InChI=1S/C12H11N3O3/c1-8-2-3-10(15(16)17)11(6-8)18-9-4-5-14-12(13)7-9/h2-7H,1H3,(H2,13,14). The summed E-state index contributed by atoms with van der Waals surface area (Å²) in [5, 5.41) is 10.9.